The Hall–Kier alpha value is -10.2. The minimum atomic E-state index is -0.375. The van der Waals surface area contributed by atoms with Crippen LogP contribution < -0.4 is 19.6 Å². The van der Waals surface area contributed by atoms with Gasteiger partial charge >= 0.3 is 0 Å². The van der Waals surface area contributed by atoms with Gasteiger partial charge in [0.2, 0.25) is 0 Å². The van der Waals surface area contributed by atoms with Crippen molar-refractivity contribution in [2.75, 3.05) is 19.6 Å². The van der Waals surface area contributed by atoms with Crippen molar-refractivity contribution >= 4 is 101 Å². The Balaban J connectivity index is 0.918. The first-order chi connectivity index (χ1) is 39.0. The van der Waals surface area contributed by atoms with E-state index in [4.69, 9.17) is 0 Å². The number of anilines is 12. The molecule has 0 N–H and O–H groups in total. The number of hydrogen-bond donors (Lipinski definition) is 0. The van der Waals surface area contributed by atoms with Crippen LogP contribution in [0.25, 0.3) is 43.4 Å². The number of fused-ring (bicyclic) bond motifs is 7. The molecule has 0 amide bonds. The van der Waals surface area contributed by atoms with Crippen LogP contribution in [0.3, 0.4) is 0 Å². The van der Waals surface area contributed by atoms with Crippen molar-refractivity contribution in [2.45, 2.75) is 19.3 Å². The number of para-hydroxylation sites is 4. The molecule has 14 rings (SSSR count). The normalized spacial score (nSPS) is 12.3. The Bertz CT molecular complexity index is 4240. The first-order valence-corrected chi connectivity index (χ1v) is 27.3. The van der Waals surface area contributed by atoms with Crippen LogP contribution >= 0.6 is 0 Å². The smallest absolute Gasteiger partial charge is 0.0543 e. The molecule has 0 unspecified atom stereocenters. The van der Waals surface area contributed by atoms with Gasteiger partial charge in [-0.25, -0.2) is 0 Å². The molecule has 0 saturated carbocycles. The zero-order valence-corrected chi connectivity index (χ0v) is 44.2. The molecule has 0 aromatic heterocycles. The largest absolute Gasteiger partial charge is 0.311 e. The highest BCUT2D eigenvalue weighted by atomic mass is 15.2. The van der Waals surface area contributed by atoms with Crippen LogP contribution in [0.5, 0.6) is 0 Å². The van der Waals surface area contributed by atoms with Gasteiger partial charge in [-0.2, -0.15) is 0 Å². The highest BCUT2D eigenvalue weighted by Gasteiger charge is 2.39. The molecule has 1 aliphatic rings. The monoisotopic (exact) mass is 1010 g/mol. The maximum absolute atomic E-state index is 2.50. The van der Waals surface area contributed by atoms with Crippen LogP contribution in [-0.4, -0.2) is 0 Å². The lowest BCUT2D eigenvalue weighted by Gasteiger charge is -2.31. The van der Waals surface area contributed by atoms with Gasteiger partial charge in [-0.3, -0.25) is 0 Å². The van der Waals surface area contributed by atoms with E-state index in [2.05, 4.69) is 337 Å². The summed E-state index contributed by atoms with van der Waals surface area (Å²) < 4.78 is 0. The van der Waals surface area contributed by atoms with Crippen LogP contribution in [0.4, 0.5) is 68.2 Å². The fourth-order valence-electron chi connectivity index (χ4n) is 12.2. The van der Waals surface area contributed by atoms with Gasteiger partial charge in [-0.05, 0) is 166 Å². The summed E-state index contributed by atoms with van der Waals surface area (Å²) in [6.45, 7) is 4.83. The third-order valence-electron chi connectivity index (χ3n) is 15.9. The highest BCUT2D eigenvalue weighted by Crippen LogP contribution is 2.56. The molecule has 0 aliphatic heterocycles. The molecule has 4 heteroatoms. The number of benzene rings is 13. The fraction of sp³-hybridized carbons (Fsp3) is 0.0400. The minimum Gasteiger partial charge on any atom is -0.311 e. The molecule has 1 aliphatic carbocycles. The van der Waals surface area contributed by atoms with E-state index in [1.165, 1.54) is 54.6 Å². The number of hydrogen-bond acceptors (Lipinski definition) is 4. The van der Waals surface area contributed by atoms with Crippen molar-refractivity contribution < 1.29 is 0 Å². The number of rotatable bonds is 12. The Morgan fingerprint density at radius 1 is 0.228 bits per heavy atom. The average Bonchev–Trinajstić information content (AvgIpc) is 4.03. The van der Waals surface area contributed by atoms with E-state index in [-0.39, 0.29) is 5.41 Å². The van der Waals surface area contributed by atoms with Gasteiger partial charge in [0.1, 0.15) is 0 Å². The molecule has 13 aromatic rings. The summed E-state index contributed by atoms with van der Waals surface area (Å²) in [6.07, 6.45) is 0. The summed E-state index contributed by atoms with van der Waals surface area (Å²) in [5.41, 5.74) is 18.0. The number of nitrogens with zero attached hydrogens (tertiary/aromatic N) is 4. The molecular formula is C75H56N4. The Labute approximate surface area is 462 Å². The van der Waals surface area contributed by atoms with E-state index >= 15 is 0 Å². The maximum Gasteiger partial charge on any atom is 0.0543 e. The van der Waals surface area contributed by atoms with Gasteiger partial charge in [0.15, 0.2) is 0 Å². The van der Waals surface area contributed by atoms with E-state index in [1.54, 1.807) is 0 Å². The van der Waals surface area contributed by atoms with Gasteiger partial charge in [0.05, 0.1) is 17.1 Å². The molecule has 0 bridgehead atoms. The van der Waals surface area contributed by atoms with Crippen LogP contribution in [0.1, 0.15) is 25.0 Å². The minimum absolute atomic E-state index is 0.375. The van der Waals surface area contributed by atoms with Crippen molar-refractivity contribution in [3.8, 4) is 11.1 Å². The molecule has 0 radical (unpaired) electrons. The fourth-order valence-corrected chi connectivity index (χ4v) is 12.2. The zero-order valence-electron chi connectivity index (χ0n) is 44.2. The van der Waals surface area contributed by atoms with Crippen molar-refractivity contribution in [1.29, 1.82) is 0 Å². The Morgan fingerprint density at radius 3 is 1.04 bits per heavy atom. The molecule has 0 heterocycles. The lowest BCUT2D eigenvalue weighted by Crippen LogP contribution is -2.18. The van der Waals surface area contributed by atoms with Crippen LogP contribution in [-0.2, 0) is 5.41 Å². The summed E-state index contributed by atoms with van der Waals surface area (Å²) in [5.74, 6) is 0. The van der Waals surface area contributed by atoms with Gasteiger partial charge in [-0.15, -0.1) is 0 Å². The summed E-state index contributed by atoms with van der Waals surface area (Å²) in [7, 11) is 0. The molecule has 4 nitrogen and oxygen atoms in total. The maximum atomic E-state index is 2.50. The van der Waals surface area contributed by atoms with Crippen molar-refractivity contribution in [3.63, 3.8) is 0 Å². The Kier molecular flexibility index (Phi) is 11.8. The predicted octanol–water partition coefficient (Wildman–Crippen LogP) is 21.3. The van der Waals surface area contributed by atoms with E-state index in [1.807, 2.05) is 0 Å². The van der Waals surface area contributed by atoms with E-state index in [0.29, 0.717) is 0 Å². The third kappa shape index (κ3) is 8.33. The summed E-state index contributed by atoms with van der Waals surface area (Å²) in [6, 6.07) is 110. The Morgan fingerprint density at radius 2 is 0.570 bits per heavy atom. The highest BCUT2D eigenvalue weighted by molar-refractivity contribution is 6.12. The van der Waals surface area contributed by atoms with Gasteiger partial charge in [0.25, 0.3) is 0 Å². The molecule has 79 heavy (non-hydrogen) atoms. The predicted molar refractivity (Wildman–Crippen MR) is 335 cm³/mol. The van der Waals surface area contributed by atoms with Crippen LogP contribution in [0.15, 0.2) is 303 Å². The molecule has 376 valence electrons. The van der Waals surface area contributed by atoms with Crippen LogP contribution in [0.2, 0.25) is 0 Å². The summed E-state index contributed by atoms with van der Waals surface area (Å²) in [5, 5.41) is 7.20. The SMILES string of the molecule is CC1(C)c2cc(N(c3ccc(N(c4ccccc4)c4ccccc4)cc3)c3cccc4ccccc34)ccc2-c2c1cc(N(c1ccc(N(c3ccccc3)c3ccccc3)cc1)c1cccc3ccccc13)c1ccccc21. The first-order valence-electron chi connectivity index (χ1n) is 27.3. The van der Waals surface area contributed by atoms with E-state index in [9.17, 15) is 0 Å². The molecule has 13 aromatic carbocycles. The topological polar surface area (TPSA) is 13.0 Å². The quantitative estimate of drug-likeness (QED) is 0.121. The lowest BCUT2D eigenvalue weighted by atomic mass is 9.81. The zero-order chi connectivity index (χ0) is 52.9. The average molecular weight is 1010 g/mol. The van der Waals surface area contributed by atoms with Gasteiger partial charge < -0.3 is 19.6 Å². The standard InChI is InChI=1S/C75H56N4/c1-75(2)69-51-63(78(71-39-21-25-53-23-15-17-35-64(53)71)61-45-41-59(42-46-61)76(55-27-7-3-8-28-55)56-29-9-4-10-30-56)49-50-68(69)74-67-38-20-19-37-66(67)73(52-70(74)75)79(72-40-22-26-54-24-16-18-36-65(54)72)62-47-43-60(44-48-62)77(57-31-11-5-12-32-57)58-33-13-6-14-34-58/h3-52H,1-2H3. The second-order valence-corrected chi connectivity index (χ2v) is 20.9. The van der Waals surface area contributed by atoms with Gasteiger partial charge in [0, 0.05) is 72.8 Å². The molecule has 0 saturated heterocycles. The summed E-state index contributed by atoms with van der Waals surface area (Å²) in [4.78, 5) is 9.60. The molecule has 0 fully saturated rings. The third-order valence-corrected chi connectivity index (χ3v) is 15.9. The molecule has 0 spiro atoms. The molecule has 0 atom stereocenters. The second kappa shape index (κ2) is 19.8. The van der Waals surface area contributed by atoms with Crippen LogP contribution in [0, 0.1) is 0 Å². The second-order valence-electron chi connectivity index (χ2n) is 20.9. The van der Waals surface area contributed by atoms with Crippen molar-refractivity contribution in [3.05, 3.63) is 314 Å². The van der Waals surface area contributed by atoms with Gasteiger partial charge in [-0.1, -0.05) is 190 Å². The lowest BCUT2D eigenvalue weighted by molar-refractivity contribution is 0.661. The van der Waals surface area contributed by atoms with E-state index in [0.717, 1.165) is 68.2 Å². The first kappa shape index (κ1) is 47.3. The van der Waals surface area contributed by atoms with E-state index < -0.39 is 0 Å². The summed E-state index contributed by atoms with van der Waals surface area (Å²) >= 11 is 0. The van der Waals surface area contributed by atoms with Crippen molar-refractivity contribution in [1.82, 2.24) is 0 Å². The van der Waals surface area contributed by atoms with Crippen molar-refractivity contribution in [2.24, 2.45) is 0 Å². The molecular weight excluding hydrogens is 957 g/mol.